The van der Waals surface area contributed by atoms with Crippen LogP contribution < -0.4 is 9.62 Å². The molecule has 5 nitrogen and oxygen atoms in total. The van der Waals surface area contributed by atoms with Crippen molar-refractivity contribution in [1.82, 2.24) is 5.32 Å². The molecule has 2 saturated carbocycles. The molecule has 0 radical (unpaired) electrons. The number of hydrogen-bond donors (Lipinski definition) is 1. The summed E-state index contributed by atoms with van der Waals surface area (Å²) in [5, 5.41) is 3.12. The fourth-order valence-corrected chi connectivity index (χ4v) is 5.77. The molecule has 0 saturated heterocycles. The van der Waals surface area contributed by atoms with Crippen LogP contribution in [0.15, 0.2) is 18.2 Å². The summed E-state index contributed by atoms with van der Waals surface area (Å²) in [5.74, 6) is 1.09. The number of carbonyl (C=O) groups is 1. The maximum absolute atomic E-state index is 12.8. The number of rotatable bonds is 5. The van der Waals surface area contributed by atoms with Gasteiger partial charge in [0.25, 0.3) is 0 Å². The Morgan fingerprint density at radius 1 is 1.16 bits per heavy atom. The first-order chi connectivity index (χ1) is 11.6. The molecule has 6 heteroatoms. The molecule has 0 spiro atoms. The van der Waals surface area contributed by atoms with Crippen LogP contribution in [0.2, 0.25) is 0 Å². The van der Waals surface area contributed by atoms with E-state index in [0.29, 0.717) is 11.6 Å². The van der Waals surface area contributed by atoms with E-state index in [1.54, 1.807) is 6.92 Å². The number of hydrogen-bond acceptors (Lipinski definition) is 3. The Morgan fingerprint density at radius 2 is 1.80 bits per heavy atom. The zero-order chi connectivity index (χ0) is 18.4. The van der Waals surface area contributed by atoms with Gasteiger partial charge in [0, 0.05) is 6.04 Å². The van der Waals surface area contributed by atoms with Gasteiger partial charge in [-0.1, -0.05) is 12.5 Å². The molecule has 2 aliphatic carbocycles. The second-order valence-corrected chi connectivity index (χ2v) is 9.73. The summed E-state index contributed by atoms with van der Waals surface area (Å²) < 4.78 is 26.1. The van der Waals surface area contributed by atoms with Gasteiger partial charge in [0.15, 0.2) is 0 Å². The molecule has 2 bridgehead atoms. The highest BCUT2D eigenvalue weighted by Crippen LogP contribution is 2.44. The number of amides is 1. The lowest BCUT2D eigenvalue weighted by molar-refractivity contribution is -0.122. The fraction of sp³-hybridized carbons (Fsp3) is 0.632. The van der Waals surface area contributed by atoms with Gasteiger partial charge in [-0.25, -0.2) is 8.42 Å². The minimum Gasteiger partial charge on any atom is -0.351 e. The molecule has 2 fully saturated rings. The molecule has 0 unspecified atom stereocenters. The molecule has 25 heavy (non-hydrogen) atoms. The van der Waals surface area contributed by atoms with Crippen molar-refractivity contribution in [2.24, 2.45) is 11.8 Å². The van der Waals surface area contributed by atoms with E-state index in [4.69, 9.17) is 0 Å². The van der Waals surface area contributed by atoms with Crippen LogP contribution in [0.4, 0.5) is 5.69 Å². The topological polar surface area (TPSA) is 66.5 Å². The summed E-state index contributed by atoms with van der Waals surface area (Å²) >= 11 is 0. The van der Waals surface area contributed by atoms with Crippen molar-refractivity contribution in [2.45, 2.75) is 58.5 Å². The normalized spacial score (nSPS) is 26.5. The van der Waals surface area contributed by atoms with Crippen LogP contribution in [0.3, 0.4) is 0 Å². The van der Waals surface area contributed by atoms with Gasteiger partial charge in [-0.15, -0.1) is 0 Å². The van der Waals surface area contributed by atoms with Gasteiger partial charge < -0.3 is 5.32 Å². The Morgan fingerprint density at radius 3 is 2.28 bits per heavy atom. The van der Waals surface area contributed by atoms with Gasteiger partial charge in [0.2, 0.25) is 15.9 Å². The molecule has 1 amide bonds. The standard InChI is InChI=1S/C19H28N2O3S/c1-12-7-13(2)9-17(8-12)21(25(4,23)24)14(3)19(22)20-18-11-15-5-6-16(18)10-15/h7-9,14-16,18H,5-6,10-11H2,1-4H3,(H,20,22)/t14-,15+,16-,18+/m0/s1. The smallest absolute Gasteiger partial charge is 0.243 e. The van der Waals surface area contributed by atoms with E-state index in [9.17, 15) is 13.2 Å². The molecular weight excluding hydrogens is 336 g/mol. The predicted octanol–water partition coefficient (Wildman–Crippen LogP) is 2.76. The summed E-state index contributed by atoms with van der Waals surface area (Å²) in [6, 6.07) is 5.05. The maximum Gasteiger partial charge on any atom is 0.243 e. The molecule has 138 valence electrons. The average molecular weight is 365 g/mol. The third-order valence-corrected chi connectivity index (χ3v) is 6.86. The summed E-state index contributed by atoms with van der Waals surface area (Å²) in [6.07, 6.45) is 5.84. The molecule has 1 aromatic carbocycles. The summed E-state index contributed by atoms with van der Waals surface area (Å²) in [7, 11) is -3.57. The van der Waals surface area contributed by atoms with Crippen molar-refractivity contribution in [2.75, 3.05) is 10.6 Å². The van der Waals surface area contributed by atoms with Crippen LogP contribution in [0.5, 0.6) is 0 Å². The first kappa shape index (κ1) is 18.2. The zero-order valence-corrected chi connectivity index (χ0v) is 16.3. The van der Waals surface area contributed by atoms with Crippen LogP contribution in [-0.2, 0) is 14.8 Å². The summed E-state index contributed by atoms with van der Waals surface area (Å²) in [4.78, 5) is 12.8. The van der Waals surface area contributed by atoms with Crippen molar-refractivity contribution in [3.63, 3.8) is 0 Å². The Kier molecular flexibility index (Phi) is 4.84. The van der Waals surface area contributed by atoms with E-state index in [1.807, 2.05) is 32.0 Å². The number of sulfonamides is 1. The van der Waals surface area contributed by atoms with Crippen LogP contribution in [-0.4, -0.2) is 32.7 Å². The van der Waals surface area contributed by atoms with Crippen molar-refractivity contribution in [3.8, 4) is 0 Å². The van der Waals surface area contributed by atoms with E-state index in [2.05, 4.69) is 5.32 Å². The average Bonchev–Trinajstić information content (AvgIpc) is 3.07. The van der Waals surface area contributed by atoms with Crippen LogP contribution >= 0.6 is 0 Å². The van der Waals surface area contributed by atoms with Gasteiger partial charge in [-0.3, -0.25) is 9.10 Å². The minimum absolute atomic E-state index is 0.203. The second kappa shape index (κ2) is 6.63. The van der Waals surface area contributed by atoms with Crippen molar-refractivity contribution in [3.05, 3.63) is 29.3 Å². The molecule has 0 heterocycles. The van der Waals surface area contributed by atoms with E-state index in [-0.39, 0.29) is 11.9 Å². The highest BCUT2D eigenvalue weighted by Gasteiger charge is 2.41. The van der Waals surface area contributed by atoms with Crippen LogP contribution in [0, 0.1) is 25.7 Å². The molecule has 1 aromatic rings. The van der Waals surface area contributed by atoms with E-state index in [1.165, 1.54) is 23.6 Å². The minimum atomic E-state index is -3.57. The van der Waals surface area contributed by atoms with Crippen LogP contribution in [0.25, 0.3) is 0 Å². The van der Waals surface area contributed by atoms with Gasteiger partial charge in [-0.2, -0.15) is 0 Å². The Bertz CT molecular complexity index is 755. The third-order valence-electron chi connectivity index (χ3n) is 5.62. The number of benzene rings is 1. The number of nitrogens with one attached hydrogen (secondary N) is 1. The number of carbonyl (C=O) groups excluding carboxylic acids is 1. The van der Waals surface area contributed by atoms with Crippen molar-refractivity contribution < 1.29 is 13.2 Å². The Hall–Kier alpha value is -1.56. The molecular formula is C19H28N2O3S. The predicted molar refractivity (Wildman–Crippen MR) is 100 cm³/mol. The zero-order valence-electron chi connectivity index (χ0n) is 15.5. The molecule has 0 aliphatic heterocycles. The first-order valence-corrected chi connectivity index (χ1v) is 10.9. The lowest BCUT2D eigenvalue weighted by Crippen LogP contribution is -2.51. The maximum atomic E-state index is 12.8. The number of fused-ring (bicyclic) bond motifs is 2. The highest BCUT2D eigenvalue weighted by molar-refractivity contribution is 7.92. The number of anilines is 1. The molecule has 1 N–H and O–H groups in total. The van der Waals surface area contributed by atoms with Crippen LogP contribution in [0.1, 0.15) is 43.7 Å². The SMILES string of the molecule is Cc1cc(C)cc(N([C@@H](C)C(=O)N[C@@H]2C[C@@H]3CC[C@H]2C3)S(C)(=O)=O)c1. The summed E-state index contributed by atoms with van der Waals surface area (Å²) in [6.45, 7) is 5.52. The van der Waals surface area contributed by atoms with Gasteiger partial charge >= 0.3 is 0 Å². The van der Waals surface area contributed by atoms with Gasteiger partial charge in [0.05, 0.1) is 11.9 Å². The van der Waals surface area contributed by atoms with E-state index >= 15 is 0 Å². The first-order valence-electron chi connectivity index (χ1n) is 9.03. The lowest BCUT2D eigenvalue weighted by Gasteiger charge is -2.31. The van der Waals surface area contributed by atoms with Crippen molar-refractivity contribution in [1.29, 1.82) is 0 Å². The lowest BCUT2D eigenvalue weighted by atomic mass is 9.95. The molecule has 0 aromatic heterocycles. The van der Waals surface area contributed by atoms with Gasteiger partial charge in [-0.05, 0) is 75.1 Å². The van der Waals surface area contributed by atoms with E-state index in [0.717, 1.165) is 29.7 Å². The van der Waals surface area contributed by atoms with Crippen molar-refractivity contribution >= 4 is 21.6 Å². The monoisotopic (exact) mass is 364 g/mol. The van der Waals surface area contributed by atoms with E-state index < -0.39 is 16.1 Å². The number of aryl methyl sites for hydroxylation is 2. The molecule has 2 aliphatic rings. The third kappa shape index (κ3) is 3.84. The molecule has 4 atom stereocenters. The summed E-state index contributed by atoms with van der Waals surface area (Å²) in [5.41, 5.74) is 2.50. The largest absolute Gasteiger partial charge is 0.351 e. The van der Waals surface area contributed by atoms with Gasteiger partial charge in [0.1, 0.15) is 6.04 Å². The Labute approximate surface area is 150 Å². The highest BCUT2D eigenvalue weighted by atomic mass is 32.2. The molecule has 3 rings (SSSR count). The quantitative estimate of drug-likeness (QED) is 0.874. The number of nitrogens with zero attached hydrogens (tertiary/aromatic N) is 1. The fourth-order valence-electron chi connectivity index (χ4n) is 4.61. The Balaban J connectivity index is 1.82. The second-order valence-electron chi connectivity index (χ2n) is 7.87.